The molecule has 2 aromatic carbocycles. The second kappa shape index (κ2) is 4.26. The van der Waals surface area contributed by atoms with Gasteiger partial charge in [-0.1, -0.05) is 12.0 Å². The molecule has 0 radical (unpaired) electrons. The Morgan fingerprint density at radius 3 is 2.94 bits per heavy atom. The maximum atomic E-state index is 13.5. The van der Waals surface area contributed by atoms with Crippen molar-refractivity contribution in [2.45, 2.75) is 6.92 Å². The highest BCUT2D eigenvalue weighted by Gasteiger charge is 2.07. The van der Waals surface area contributed by atoms with Crippen LogP contribution in [0.2, 0.25) is 0 Å². The van der Waals surface area contributed by atoms with Crippen molar-refractivity contribution in [3.63, 3.8) is 0 Å². The Morgan fingerprint density at radius 2 is 2.29 bits per heavy atom. The Bertz CT molecular complexity index is 686. The van der Waals surface area contributed by atoms with Crippen LogP contribution in [0.1, 0.15) is 13.9 Å². The Morgan fingerprint density at radius 1 is 1.53 bits per heavy atom. The number of hydrogen-bond acceptors (Lipinski definition) is 2. The molecule has 0 fully saturated rings. The quantitative estimate of drug-likeness (QED) is 0.427. The van der Waals surface area contributed by atoms with Crippen molar-refractivity contribution in [3.05, 3.63) is 41.7 Å². The SMILES string of the molecule is [2H]c1cc(OC(C)=O)cc2ccc(F)c(C#C)c12. The molecule has 0 aliphatic rings. The van der Waals surface area contributed by atoms with Gasteiger partial charge in [0.15, 0.2) is 0 Å². The molecule has 0 saturated heterocycles. The standard InChI is InChI=1S/C14H9FO2/c1-3-12-13-6-5-11(17-9(2)16)8-10(13)4-7-14(12)15/h1,4-8H,2H3/i6D. The van der Waals surface area contributed by atoms with Gasteiger partial charge in [0.2, 0.25) is 0 Å². The third-order valence-electron chi connectivity index (χ3n) is 2.25. The Labute approximate surface area is 99.4 Å². The van der Waals surface area contributed by atoms with Crippen molar-refractivity contribution in [1.82, 2.24) is 0 Å². The molecule has 0 aliphatic carbocycles. The van der Waals surface area contributed by atoms with Crippen molar-refractivity contribution in [2.24, 2.45) is 0 Å². The zero-order valence-corrected chi connectivity index (χ0v) is 9.08. The first-order valence-corrected chi connectivity index (χ1v) is 4.91. The van der Waals surface area contributed by atoms with E-state index in [2.05, 4.69) is 5.92 Å². The maximum Gasteiger partial charge on any atom is 0.308 e. The van der Waals surface area contributed by atoms with E-state index in [-0.39, 0.29) is 17.4 Å². The second-order valence-electron chi connectivity index (χ2n) is 3.46. The molecule has 2 nitrogen and oxygen atoms in total. The molecule has 2 rings (SSSR count). The molecular formula is C14H9FO2. The van der Waals surface area contributed by atoms with Gasteiger partial charge in [-0.05, 0) is 29.6 Å². The minimum Gasteiger partial charge on any atom is -0.427 e. The van der Waals surface area contributed by atoms with Gasteiger partial charge in [0, 0.05) is 12.3 Å². The highest BCUT2D eigenvalue weighted by atomic mass is 19.1. The second-order valence-corrected chi connectivity index (χ2v) is 3.46. The van der Waals surface area contributed by atoms with Crippen LogP contribution in [0, 0.1) is 18.2 Å². The van der Waals surface area contributed by atoms with Gasteiger partial charge >= 0.3 is 5.97 Å². The van der Waals surface area contributed by atoms with Gasteiger partial charge in [0.05, 0.1) is 6.93 Å². The summed E-state index contributed by atoms with van der Waals surface area (Å²) >= 11 is 0. The molecule has 2 aromatic rings. The van der Waals surface area contributed by atoms with E-state index < -0.39 is 11.8 Å². The number of rotatable bonds is 1. The van der Waals surface area contributed by atoms with Gasteiger partial charge in [-0.2, -0.15) is 0 Å². The van der Waals surface area contributed by atoms with Crippen LogP contribution < -0.4 is 4.74 Å². The zero-order chi connectivity index (χ0) is 13.3. The van der Waals surface area contributed by atoms with E-state index in [1.54, 1.807) is 6.07 Å². The van der Waals surface area contributed by atoms with Crippen LogP contribution in [0.5, 0.6) is 5.75 Å². The van der Waals surface area contributed by atoms with Crippen LogP contribution in [0.15, 0.2) is 30.3 Å². The fourth-order valence-corrected chi connectivity index (χ4v) is 1.57. The zero-order valence-electron chi connectivity index (χ0n) is 10.1. The smallest absolute Gasteiger partial charge is 0.308 e. The summed E-state index contributed by atoms with van der Waals surface area (Å²) < 4.78 is 26.2. The lowest BCUT2D eigenvalue weighted by Gasteiger charge is -2.05. The number of ether oxygens (including phenoxy) is 1. The van der Waals surface area contributed by atoms with Crippen LogP contribution in [0.3, 0.4) is 0 Å². The van der Waals surface area contributed by atoms with Crippen molar-refractivity contribution in [1.29, 1.82) is 0 Å². The third-order valence-corrected chi connectivity index (χ3v) is 2.25. The van der Waals surface area contributed by atoms with Crippen LogP contribution in [0.25, 0.3) is 10.8 Å². The topological polar surface area (TPSA) is 26.3 Å². The van der Waals surface area contributed by atoms with Crippen molar-refractivity contribution >= 4 is 16.7 Å². The lowest BCUT2D eigenvalue weighted by atomic mass is 10.0. The molecule has 0 N–H and O–H groups in total. The molecule has 3 heteroatoms. The predicted octanol–water partition coefficient (Wildman–Crippen LogP) is 2.89. The highest BCUT2D eigenvalue weighted by Crippen LogP contribution is 2.25. The first-order chi connectivity index (χ1) is 8.52. The van der Waals surface area contributed by atoms with E-state index >= 15 is 0 Å². The van der Waals surface area contributed by atoms with Gasteiger partial charge in [-0.25, -0.2) is 4.39 Å². The fraction of sp³-hybridized carbons (Fsp3) is 0.0714. The number of benzene rings is 2. The lowest BCUT2D eigenvalue weighted by Crippen LogP contribution is -2.01. The molecular weight excluding hydrogens is 219 g/mol. The predicted molar refractivity (Wildman–Crippen MR) is 63.2 cm³/mol. The molecule has 0 saturated carbocycles. The molecule has 0 unspecified atom stereocenters. The van der Waals surface area contributed by atoms with Crippen LogP contribution in [-0.4, -0.2) is 5.97 Å². The summed E-state index contributed by atoms with van der Waals surface area (Å²) in [5.74, 6) is 1.46. The van der Waals surface area contributed by atoms with Crippen molar-refractivity contribution < 1.29 is 15.3 Å². The van der Waals surface area contributed by atoms with E-state index in [1.807, 2.05) is 0 Å². The molecule has 0 atom stereocenters. The van der Waals surface area contributed by atoms with E-state index in [4.69, 9.17) is 12.5 Å². The molecule has 84 valence electrons. The number of halogens is 1. The summed E-state index contributed by atoms with van der Waals surface area (Å²) in [5, 5.41) is 0.904. The number of hydrogen-bond donors (Lipinski definition) is 0. The van der Waals surface area contributed by atoms with Crippen LogP contribution >= 0.6 is 0 Å². The summed E-state index contributed by atoms with van der Waals surface area (Å²) in [6.07, 6.45) is 5.25. The fourth-order valence-electron chi connectivity index (χ4n) is 1.57. The Hall–Kier alpha value is -2.34. The van der Waals surface area contributed by atoms with Crippen LogP contribution in [-0.2, 0) is 4.79 Å². The van der Waals surface area contributed by atoms with E-state index in [0.29, 0.717) is 10.8 Å². The Kier molecular flexibility index (Phi) is 2.47. The van der Waals surface area contributed by atoms with Gasteiger partial charge in [0.25, 0.3) is 0 Å². The molecule has 0 heterocycles. The molecule has 0 bridgehead atoms. The molecule has 0 aromatic heterocycles. The summed E-state index contributed by atoms with van der Waals surface area (Å²) in [5.41, 5.74) is 0.0480. The first kappa shape index (κ1) is 9.86. The summed E-state index contributed by atoms with van der Waals surface area (Å²) in [6.45, 7) is 1.27. The number of carbonyl (C=O) groups is 1. The first-order valence-electron chi connectivity index (χ1n) is 5.41. The number of fused-ring (bicyclic) bond motifs is 1. The van der Waals surface area contributed by atoms with Gasteiger partial charge in [-0.15, -0.1) is 6.42 Å². The summed E-state index contributed by atoms with van der Waals surface area (Å²) in [6, 6.07) is 5.64. The molecule has 0 amide bonds. The minimum atomic E-state index is -0.543. The largest absolute Gasteiger partial charge is 0.427 e. The van der Waals surface area contributed by atoms with Crippen LogP contribution in [0.4, 0.5) is 4.39 Å². The minimum absolute atomic E-state index is 0.0243. The van der Waals surface area contributed by atoms with Gasteiger partial charge < -0.3 is 4.74 Å². The Balaban J connectivity index is 2.74. The molecule has 0 aliphatic heterocycles. The summed E-state index contributed by atoms with van der Waals surface area (Å²) in [4.78, 5) is 10.9. The summed E-state index contributed by atoms with van der Waals surface area (Å²) in [7, 11) is 0. The normalized spacial score (nSPS) is 10.8. The third kappa shape index (κ3) is 2.11. The van der Waals surface area contributed by atoms with E-state index in [1.165, 1.54) is 25.1 Å². The average Bonchev–Trinajstić information content (AvgIpc) is 2.29. The molecule has 17 heavy (non-hydrogen) atoms. The van der Waals surface area contributed by atoms with Gasteiger partial charge in [-0.3, -0.25) is 4.79 Å². The van der Waals surface area contributed by atoms with Crippen molar-refractivity contribution in [2.75, 3.05) is 0 Å². The highest BCUT2D eigenvalue weighted by molar-refractivity contribution is 5.89. The van der Waals surface area contributed by atoms with Crippen molar-refractivity contribution in [3.8, 4) is 18.1 Å². The average molecular weight is 229 g/mol. The van der Waals surface area contributed by atoms with E-state index in [0.717, 1.165) is 0 Å². The number of carbonyl (C=O) groups excluding carboxylic acids is 1. The van der Waals surface area contributed by atoms with E-state index in [9.17, 15) is 9.18 Å². The number of esters is 1. The molecule has 0 spiro atoms. The lowest BCUT2D eigenvalue weighted by molar-refractivity contribution is -0.131. The number of terminal acetylenes is 1. The maximum absolute atomic E-state index is 13.5. The monoisotopic (exact) mass is 229 g/mol. The van der Waals surface area contributed by atoms with Gasteiger partial charge in [0.1, 0.15) is 11.6 Å².